The van der Waals surface area contributed by atoms with Crippen LogP contribution in [0.15, 0.2) is 24.6 Å². The second kappa shape index (κ2) is 11.3. The summed E-state index contributed by atoms with van der Waals surface area (Å²) < 4.78 is 18.6. The normalized spacial score (nSPS) is 18.2. The lowest BCUT2D eigenvalue weighted by Crippen LogP contribution is -2.51. The van der Waals surface area contributed by atoms with Crippen LogP contribution < -0.4 is 0 Å². The Morgan fingerprint density at radius 2 is 1.59 bits per heavy atom. The highest BCUT2D eigenvalue weighted by Gasteiger charge is 2.40. The minimum absolute atomic E-state index is 0.187. The van der Waals surface area contributed by atoms with Gasteiger partial charge in [-0.3, -0.25) is 0 Å². The minimum atomic E-state index is -2.43. The molecule has 0 saturated heterocycles. The predicted octanol–water partition coefficient (Wildman–Crippen LogP) is 5.40. The quantitative estimate of drug-likeness (QED) is 0.312. The zero-order chi connectivity index (χ0) is 17.1. The third kappa shape index (κ3) is 9.05. The molecule has 0 rings (SSSR count). The maximum atomic E-state index is 6.34. The molecule has 0 N–H and O–H groups in total. The lowest BCUT2D eigenvalue weighted by molar-refractivity contribution is 0.149. The van der Waals surface area contributed by atoms with E-state index in [-0.39, 0.29) is 6.10 Å². The second-order valence-electron chi connectivity index (χ2n) is 6.17. The third-order valence-electron chi connectivity index (χ3n) is 3.66. The Balaban J connectivity index is 4.56. The fraction of sp³-hybridized carbons (Fsp3) is 0.765. The van der Waals surface area contributed by atoms with Crippen LogP contribution in [0.1, 0.15) is 59.3 Å². The van der Waals surface area contributed by atoms with Crippen molar-refractivity contribution in [3.8, 4) is 0 Å². The van der Waals surface area contributed by atoms with Gasteiger partial charge in [-0.05, 0) is 32.9 Å². The SMILES string of the molecule is C=C[Si](C)(OCCCCCC)O[Si](C)(C=C)OC(C)CCC. The van der Waals surface area contributed by atoms with Crippen molar-refractivity contribution in [2.45, 2.75) is 78.5 Å². The van der Waals surface area contributed by atoms with E-state index in [4.69, 9.17) is 13.0 Å². The van der Waals surface area contributed by atoms with E-state index in [1.165, 1.54) is 19.3 Å². The molecule has 0 fully saturated rings. The molecule has 0 spiro atoms. The lowest BCUT2D eigenvalue weighted by Gasteiger charge is -2.35. The van der Waals surface area contributed by atoms with Crippen molar-refractivity contribution in [1.82, 2.24) is 0 Å². The molecule has 0 aromatic rings. The molecule has 0 bridgehead atoms. The maximum Gasteiger partial charge on any atom is 0.352 e. The van der Waals surface area contributed by atoms with E-state index in [2.05, 4.69) is 33.9 Å². The first-order valence-corrected chi connectivity index (χ1v) is 13.4. The Bertz CT molecular complexity index is 325. The molecule has 5 heteroatoms. The van der Waals surface area contributed by atoms with E-state index >= 15 is 0 Å². The van der Waals surface area contributed by atoms with Crippen molar-refractivity contribution in [2.24, 2.45) is 0 Å². The van der Waals surface area contributed by atoms with Gasteiger partial charge in [0.1, 0.15) is 0 Å². The Labute approximate surface area is 140 Å². The van der Waals surface area contributed by atoms with Crippen molar-refractivity contribution < 1.29 is 13.0 Å². The van der Waals surface area contributed by atoms with Crippen LogP contribution in [0.2, 0.25) is 13.1 Å². The Morgan fingerprint density at radius 3 is 2.09 bits per heavy atom. The molecule has 130 valence electrons. The van der Waals surface area contributed by atoms with Gasteiger partial charge in [0.25, 0.3) is 0 Å². The molecule has 0 aliphatic heterocycles. The average molecular weight is 345 g/mol. The summed E-state index contributed by atoms with van der Waals surface area (Å²) in [6, 6.07) is 0. The average Bonchev–Trinajstić information content (AvgIpc) is 2.47. The molecule has 3 nitrogen and oxygen atoms in total. The predicted molar refractivity (Wildman–Crippen MR) is 100 cm³/mol. The van der Waals surface area contributed by atoms with Gasteiger partial charge in [0.15, 0.2) is 0 Å². The van der Waals surface area contributed by atoms with Crippen LogP contribution in [-0.2, 0) is 13.0 Å². The van der Waals surface area contributed by atoms with Gasteiger partial charge < -0.3 is 13.0 Å². The molecule has 0 radical (unpaired) electrons. The molecule has 0 aromatic heterocycles. The van der Waals surface area contributed by atoms with E-state index in [0.29, 0.717) is 0 Å². The summed E-state index contributed by atoms with van der Waals surface area (Å²) in [5.41, 5.74) is 3.71. The van der Waals surface area contributed by atoms with Gasteiger partial charge in [-0.25, -0.2) is 0 Å². The number of hydrogen-bond donors (Lipinski definition) is 0. The van der Waals surface area contributed by atoms with Crippen molar-refractivity contribution in [1.29, 1.82) is 0 Å². The van der Waals surface area contributed by atoms with Gasteiger partial charge >= 0.3 is 17.1 Å². The molecule has 0 saturated carbocycles. The standard InChI is InChI=1S/C17H36O3Si2/c1-8-12-13-14-16-18-21(6,10-3)20-22(7,11-4)19-17(5)15-9-2/h10-11,17H,3-4,8-9,12-16H2,1-2,5-7H3. The molecule has 0 aromatic carbocycles. The van der Waals surface area contributed by atoms with E-state index in [0.717, 1.165) is 25.9 Å². The highest BCUT2D eigenvalue weighted by Crippen LogP contribution is 2.22. The van der Waals surface area contributed by atoms with Crippen LogP contribution in [-0.4, -0.2) is 29.8 Å². The first-order chi connectivity index (χ1) is 10.3. The van der Waals surface area contributed by atoms with Crippen LogP contribution in [0.4, 0.5) is 0 Å². The summed E-state index contributed by atoms with van der Waals surface area (Å²) in [4.78, 5) is 0. The Kier molecular flexibility index (Phi) is 11.2. The van der Waals surface area contributed by atoms with E-state index < -0.39 is 17.1 Å². The van der Waals surface area contributed by atoms with Crippen molar-refractivity contribution in [3.63, 3.8) is 0 Å². The summed E-state index contributed by atoms with van der Waals surface area (Å²) in [5.74, 6) is 0. The van der Waals surface area contributed by atoms with Gasteiger partial charge in [0.2, 0.25) is 0 Å². The van der Waals surface area contributed by atoms with Crippen LogP contribution >= 0.6 is 0 Å². The molecule has 0 heterocycles. The first-order valence-electron chi connectivity index (χ1n) is 8.63. The minimum Gasteiger partial charge on any atom is -0.409 e. The molecule has 3 atom stereocenters. The summed E-state index contributed by atoms with van der Waals surface area (Å²) in [5, 5.41) is 0. The molecular weight excluding hydrogens is 308 g/mol. The van der Waals surface area contributed by atoms with E-state index in [1.54, 1.807) is 0 Å². The summed E-state index contributed by atoms with van der Waals surface area (Å²) in [6.07, 6.45) is 7.10. The third-order valence-corrected chi connectivity index (χ3v) is 10.0. The summed E-state index contributed by atoms with van der Waals surface area (Å²) >= 11 is 0. The lowest BCUT2D eigenvalue weighted by atomic mass is 10.2. The van der Waals surface area contributed by atoms with Crippen LogP contribution in [0.5, 0.6) is 0 Å². The Morgan fingerprint density at radius 1 is 0.955 bits per heavy atom. The van der Waals surface area contributed by atoms with Gasteiger partial charge in [-0.2, -0.15) is 0 Å². The van der Waals surface area contributed by atoms with Gasteiger partial charge in [0.05, 0.1) is 0 Å². The van der Waals surface area contributed by atoms with Crippen LogP contribution in [0.3, 0.4) is 0 Å². The van der Waals surface area contributed by atoms with E-state index in [9.17, 15) is 0 Å². The van der Waals surface area contributed by atoms with Crippen molar-refractivity contribution in [3.05, 3.63) is 24.6 Å². The van der Waals surface area contributed by atoms with Crippen molar-refractivity contribution >= 4 is 17.1 Å². The largest absolute Gasteiger partial charge is 0.409 e. The van der Waals surface area contributed by atoms with Crippen molar-refractivity contribution in [2.75, 3.05) is 6.61 Å². The van der Waals surface area contributed by atoms with E-state index in [1.807, 2.05) is 24.5 Å². The zero-order valence-corrected chi connectivity index (χ0v) is 17.3. The zero-order valence-electron chi connectivity index (χ0n) is 15.3. The monoisotopic (exact) mass is 344 g/mol. The molecule has 0 aliphatic rings. The molecule has 0 aliphatic carbocycles. The number of rotatable bonds is 14. The molecule has 3 unspecified atom stereocenters. The topological polar surface area (TPSA) is 27.7 Å². The van der Waals surface area contributed by atoms with Crippen LogP contribution in [0.25, 0.3) is 0 Å². The number of hydrogen-bond acceptors (Lipinski definition) is 3. The van der Waals surface area contributed by atoms with Gasteiger partial charge in [-0.15, -0.1) is 13.2 Å². The highest BCUT2D eigenvalue weighted by molar-refractivity contribution is 6.84. The van der Waals surface area contributed by atoms with Gasteiger partial charge in [0, 0.05) is 12.7 Å². The fourth-order valence-electron chi connectivity index (χ4n) is 2.31. The van der Waals surface area contributed by atoms with Gasteiger partial charge in [-0.1, -0.05) is 50.9 Å². The maximum absolute atomic E-state index is 6.34. The smallest absolute Gasteiger partial charge is 0.352 e. The molecular formula is C17H36O3Si2. The summed E-state index contributed by atoms with van der Waals surface area (Å²) in [7, 11) is -4.83. The summed E-state index contributed by atoms with van der Waals surface area (Å²) in [6.45, 7) is 19.1. The first kappa shape index (κ1) is 21.8. The fourth-order valence-corrected chi connectivity index (χ4v) is 8.31. The molecule has 22 heavy (non-hydrogen) atoms. The second-order valence-corrected chi connectivity index (χ2v) is 12.4. The van der Waals surface area contributed by atoms with Crippen LogP contribution in [0, 0.1) is 0 Å². The highest BCUT2D eigenvalue weighted by atomic mass is 28.5. The molecule has 0 amide bonds. The Hall–Kier alpha value is -0.206. The number of unbranched alkanes of at least 4 members (excludes halogenated alkanes) is 3.